The fourth-order valence-electron chi connectivity index (χ4n) is 2.23. The third-order valence-corrected chi connectivity index (χ3v) is 3.14. The van der Waals surface area contributed by atoms with E-state index in [1.165, 1.54) is 0 Å². The third-order valence-electron chi connectivity index (χ3n) is 3.14. The van der Waals surface area contributed by atoms with Gasteiger partial charge in [0.2, 0.25) is 5.91 Å². The molecule has 0 saturated carbocycles. The quantitative estimate of drug-likeness (QED) is 0.400. The lowest BCUT2D eigenvalue weighted by Gasteiger charge is -2.08. The molecule has 5 N–H and O–H groups in total. The molecular weight excluding hydrogens is 403 g/mol. The summed E-state index contributed by atoms with van der Waals surface area (Å²) in [5.41, 5.74) is 15.7. The average molecular weight is 424 g/mol. The van der Waals surface area contributed by atoms with E-state index in [9.17, 15) is 4.79 Å². The molecule has 23 heavy (non-hydrogen) atoms. The molecule has 1 amide bonds. The van der Waals surface area contributed by atoms with Gasteiger partial charge in [0, 0.05) is 11.3 Å². The molecule has 0 unspecified atom stereocenters. The maximum atomic E-state index is 11.1. The van der Waals surface area contributed by atoms with Crippen LogP contribution in [0.3, 0.4) is 0 Å². The van der Waals surface area contributed by atoms with Gasteiger partial charge in [-0.2, -0.15) is 0 Å². The first kappa shape index (κ1) is 19.0. The van der Waals surface area contributed by atoms with Crippen LogP contribution >= 0.6 is 24.0 Å². The summed E-state index contributed by atoms with van der Waals surface area (Å²) in [5.74, 6) is -0.123. The highest BCUT2D eigenvalue weighted by Crippen LogP contribution is 2.13. The Labute approximate surface area is 153 Å². The Balaban J connectivity index is 0.00000264. The van der Waals surface area contributed by atoms with Crippen molar-refractivity contribution in [2.45, 2.75) is 20.4 Å². The number of carbonyl (C=O) groups excluding carboxylic acids is 1. The minimum atomic E-state index is -0.452. The van der Waals surface area contributed by atoms with Gasteiger partial charge in [0.15, 0.2) is 5.96 Å². The Morgan fingerprint density at radius 1 is 1.09 bits per heavy atom. The van der Waals surface area contributed by atoms with Crippen molar-refractivity contribution in [2.24, 2.45) is 16.5 Å². The van der Waals surface area contributed by atoms with Gasteiger partial charge < -0.3 is 16.8 Å². The highest BCUT2D eigenvalue weighted by atomic mass is 127. The summed E-state index contributed by atoms with van der Waals surface area (Å²) in [6, 6.07) is 13.1. The second-order valence-corrected chi connectivity index (χ2v) is 5.27. The van der Waals surface area contributed by atoms with Crippen LogP contribution in [-0.2, 0) is 6.54 Å². The molecule has 5 nitrogen and oxygen atoms in total. The molecule has 0 radical (unpaired) electrons. The van der Waals surface area contributed by atoms with Gasteiger partial charge in [-0.25, -0.2) is 4.99 Å². The van der Waals surface area contributed by atoms with Crippen molar-refractivity contribution in [2.75, 3.05) is 5.32 Å². The molecule has 0 saturated heterocycles. The predicted molar refractivity (Wildman–Crippen MR) is 105 cm³/mol. The summed E-state index contributed by atoms with van der Waals surface area (Å²) < 4.78 is 0. The summed E-state index contributed by atoms with van der Waals surface area (Å²) in [6.45, 7) is 4.44. The maximum absolute atomic E-state index is 11.1. The van der Waals surface area contributed by atoms with Crippen LogP contribution in [0.15, 0.2) is 47.5 Å². The number of rotatable bonds is 4. The van der Waals surface area contributed by atoms with Crippen LogP contribution in [0.1, 0.15) is 27.0 Å². The summed E-state index contributed by atoms with van der Waals surface area (Å²) in [7, 11) is 0. The Hall–Kier alpha value is -2.09. The summed E-state index contributed by atoms with van der Waals surface area (Å²) in [6.07, 6.45) is 0. The summed E-state index contributed by atoms with van der Waals surface area (Å²) in [5, 5.41) is 3.07. The molecule has 6 heteroatoms. The molecule has 0 aliphatic carbocycles. The second kappa shape index (κ2) is 8.52. The van der Waals surface area contributed by atoms with Crippen LogP contribution in [0, 0.1) is 13.8 Å². The van der Waals surface area contributed by atoms with Crippen LogP contribution in [0.5, 0.6) is 0 Å². The smallest absolute Gasteiger partial charge is 0.248 e. The van der Waals surface area contributed by atoms with Gasteiger partial charge in [-0.15, -0.1) is 24.0 Å². The number of aliphatic imine (C=N–C) groups is 1. The van der Waals surface area contributed by atoms with Crippen molar-refractivity contribution in [3.63, 3.8) is 0 Å². The lowest BCUT2D eigenvalue weighted by Crippen LogP contribution is -2.22. The minimum Gasteiger partial charge on any atom is -0.370 e. The van der Waals surface area contributed by atoms with E-state index in [2.05, 4.69) is 16.4 Å². The fourth-order valence-corrected chi connectivity index (χ4v) is 2.23. The monoisotopic (exact) mass is 424 g/mol. The highest BCUT2D eigenvalue weighted by Gasteiger charge is 2.02. The third kappa shape index (κ3) is 5.90. The number of primary amides is 1. The average Bonchev–Trinajstić information content (AvgIpc) is 2.44. The number of nitrogens with zero attached hydrogens (tertiary/aromatic N) is 1. The molecule has 2 aromatic carbocycles. The van der Waals surface area contributed by atoms with Gasteiger partial charge in [-0.3, -0.25) is 4.79 Å². The second-order valence-electron chi connectivity index (χ2n) is 5.27. The first-order chi connectivity index (χ1) is 10.4. The van der Waals surface area contributed by atoms with Crippen LogP contribution < -0.4 is 16.8 Å². The van der Waals surface area contributed by atoms with Crippen LogP contribution in [0.2, 0.25) is 0 Å². The van der Waals surface area contributed by atoms with E-state index in [1.54, 1.807) is 18.2 Å². The van der Waals surface area contributed by atoms with E-state index in [1.807, 2.05) is 32.0 Å². The first-order valence-electron chi connectivity index (χ1n) is 6.98. The summed E-state index contributed by atoms with van der Waals surface area (Å²) in [4.78, 5) is 15.4. The van der Waals surface area contributed by atoms with E-state index >= 15 is 0 Å². The number of amides is 1. The van der Waals surface area contributed by atoms with Crippen molar-refractivity contribution in [1.29, 1.82) is 0 Å². The molecule has 0 aliphatic heterocycles. The van der Waals surface area contributed by atoms with E-state index in [0.717, 1.165) is 22.4 Å². The van der Waals surface area contributed by atoms with Crippen LogP contribution in [-0.4, -0.2) is 11.9 Å². The molecule has 0 heterocycles. The van der Waals surface area contributed by atoms with Crippen molar-refractivity contribution in [3.05, 3.63) is 64.7 Å². The normalized spacial score (nSPS) is 10.8. The lowest BCUT2D eigenvalue weighted by atomic mass is 10.1. The number of carbonyl (C=O) groups is 1. The zero-order chi connectivity index (χ0) is 16.1. The van der Waals surface area contributed by atoms with Crippen molar-refractivity contribution in [1.82, 2.24) is 0 Å². The number of benzene rings is 2. The number of nitrogens with two attached hydrogens (primary N) is 2. The van der Waals surface area contributed by atoms with Crippen molar-refractivity contribution in [3.8, 4) is 0 Å². The Morgan fingerprint density at radius 3 is 2.35 bits per heavy atom. The largest absolute Gasteiger partial charge is 0.370 e. The van der Waals surface area contributed by atoms with Gasteiger partial charge in [0.1, 0.15) is 0 Å². The molecule has 0 spiro atoms. The van der Waals surface area contributed by atoms with E-state index in [-0.39, 0.29) is 24.0 Å². The zero-order valence-electron chi connectivity index (χ0n) is 13.2. The maximum Gasteiger partial charge on any atom is 0.248 e. The number of aryl methyl sites for hydroxylation is 2. The molecule has 122 valence electrons. The number of hydrogen-bond donors (Lipinski definition) is 3. The van der Waals surface area contributed by atoms with Gasteiger partial charge in [-0.05, 0) is 54.8 Å². The van der Waals surface area contributed by atoms with Gasteiger partial charge in [-0.1, -0.05) is 18.2 Å². The topological polar surface area (TPSA) is 93.5 Å². The fraction of sp³-hybridized carbons (Fsp3) is 0.176. The van der Waals surface area contributed by atoms with Gasteiger partial charge in [0.25, 0.3) is 0 Å². The Morgan fingerprint density at radius 2 is 1.74 bits per heavy atom. The standard InChI is InChI=1S/C17H20N4O.HI/c1-11-6-12(2)8-15(7-11)21-17(19)20-10-13-4-3-5-14(9-13)16(18)22;/h3-9H,10H2,1-2H3,(H2,18,22)(H3,19,20,21);1H. The predicted octanol–water partition coefficient (Wildman–Crippen LogP) is 2.95. The number of halogens is 1. The molecule has 2 rings (SSSR count). The number of anilines is 1. The molecule has 2 aromatic rings. The Kier molecular flexibility index (Phi) is 7.02. The number of hydrogen-bond acceptors (Lipinski definition) is 2. The van der Waals surface area contributed by atoms with Crippen LogP contribution in [0.25, 0.3) is 0 Å². The van der Waals surface area contributed by atoms with Gasteiger partial charge in [0.05, 0.1) is 6.54 Å². The van der Waals surface area contributed by atoms with Crippen LogP contribution in [0.4, 0.5) is 5.69 Å². The molecular formula is C17H21IN4O. The van der Waals surface area contributed by atoms with Crippen molar-refractivity contribution >= 4 is 41.5 Å². The van der Waals surface area contributed by atoms with Gasteiger partial charge >= 0.3 is 0 Å². The van der Waals surface area contributed by atoms with E-state index in [4.69, 9.17) is 11.5 Å². The molecule has 0 bridgehead atoms. The Bertz CT molecular complexity index is 708. The summed E-state index contributed by atoms with van der Waals surface area (Å²) >= 11 is 0. The van der Waals surface area contributed by atoms with Crippen molar-refractivity contribution < 1.29 is 4.79 Å². The van der Waals surface area contributed by atoms with E-state index in [0.29, 0.717) is 18.1 Å². The van der Waals surface area contributed by atoms with E-state index < -0.39 is 5.91 Å². The minimum absolute atomic E-state index is 0. The molecule has 0 aliphatic rings. The SMILES string of the molecule is Cc1cc(C)cc(NC(N)=NCc2cccc(C(N)=O)c2)c1.I. The molecule has 0 aromatic heterocycles. The zero-order valence-corrected chi connectivity index (χ0v) is 15.5. The highest BCUT2D eigenvalue weighted by molar-refractivity contribution is 14.0. The lowest BCUT2D eigenvalue weighted by molar-refractivity contribution is 0.1000. The number of nitrogens with one attached hydrogen (secondary N) is 1. The molecule has 0 fully saturated rings. The molecule has 0 atom stereocenters. The first-order valence-corrected chi connectivity index (χ1v) is 6.98. The number of guanidine groups is 1.